The topological polar surface area (TPSA) is 119 Å². The number of ether oxygens (including phenoxy) is 1. The van der Waals surface area contributed by atoms with Crippen LogP contribution in [0.2, 0.25) is 0 Å². The Morgan fingerprint density at radius 3 is 2.75 bits per heavy atom. The van der Waals surface area contributed by atoms with E-state index in [0.717, 1.165) is 30.4 Å². The van der Waals surface area contributed by atoms with Crippen LogP contribution < -0.4 is 15.8 Å². The minimum Gasteiger partial charge on any atom is -0.481 e. The van der Waals surface area contributed by atoms with Crippen molar-refractivity contribution in [2.75, 3.05) is 24.8 Å². The summed E-state index contributed by atoms with van der Waals surface area (Å²) in [4.78, 5) is 17.4. The Morgan fingerprint density at radius 1 is 1.21 bits per heavy atom. The van der Waals surface area contributed by atoms with Gasteiger partial charge in [0, 0.05) is 24.0 Å². The Balaban J connectivity index is 2.01. The molecule has 3 rings (SSSR count). The van der Waals surface area contributed by atoms with Crippen molar-refractivity contribution in [3.63, 3.8) is 0 Å². The lowest BCUT2D eigenvalue weighted by Crippen LogP contribution is -2.39. The van der Waals surface area contributed by atoms with E-state index in [0.29, 0.717) is 22.7 Å². The SMILES string of the molecule is CCCC[C@](C)(CO)Nc1nc(N)nc2cc(-c3ccnc(OC)c3)cnc12. The van der Waals surface area contributed by atoms with E-state index in [-0.39, 0.29) is 12.6 Å². The van der Waals surface area contributed by atoms with Crippen molar-refractivity contribution in [1.29, 1.82) is 0 Å². The highest BCUT2D eigenvalue weighted by Crippen LogP contribution is 2.29. The fourth-order valence-electron chi connectivity index (χ4n) is 3.02. The second kappa shape index (κ2) is 8.35. The standard InChI is InChI=1S/C20H26N6O2/c1-4-5-7-20(2,12-27)26-18-17-15(24-19(21)25-18)9-14(11-23-17)13-6-8-22-16(10-13)28-3/h6,8-11,27H,4-5,7,12H2,1-3H3,(H3,21,24,25,26)/t20-/m1/s1. The van der Waals surface area contributed by atoms with Gasteiger partial charge < -0.3 is 20.9 Å². The Hall–Kier alpha value is -3.00. The first-order valence-electron chi connectivity index (χ1n) is 9.30. The summed E-state index contributed by atoms with van der Waals surface area (Å²) in [6.07, 6.45) is 6.27. The van der Waals surface area contributed by atoms with Crippen molar-refractivity contribution in [3.05, 3.63) is 30.6 Å². The third-order valence-electron chi connectivity index (χ3n) is 4.68. The molecule has 0 radical (unpaired) electrons. The summed E-state index contributed by atoms with van der Waals surface area (Å²) in [6, 6.07) is 5.62. The molecule has 148 valence electrons. The van der Waals surface area contributed by atoms with Gasteiger partial charge in [-0.05, 0) is 31.0 Å². The predicted octanol–water partition coefficient (Wildman–Crippen LogP) is 3.03. The van der Waals surface area contributed by atoms with E-state index >= 15 is 0 Å². The van der Waals surface area contributed by atoms with Gasteiger partial charge in [-0.15, -0.1) is 0 Å². The fraction of sp³-hybridized carbons (Fsp3) is 0.400. The normalized spacial score (nSPS) is 13.3. The van der Waals surface area contributed by atoms with Crippen LogP contribution in [0.3, 0.4) is 0 Å². The van der Waals surface area contributed by atoms with E-state index in [2.05, 4.69) is 32.2 Å². The molecule has 0 aliphatic heterocycles. The van der Waals surface area contributed by atoms with Crippen molar-refractivity contribution in [1.82, 2.24) is 19.9 Å². The number of anilines is 2. The first-order chi connectivity index (χ1) is 13.5. The van der Waals surface area contributed by atoms with Crippen LogP contribution in [-0.4, -0.2) is 44.3 Å². The van der Waals surface area contributed by atoms with Crippen LogP contribution in [-0.2, 0) is 0 Å². The molecule has 3 heterocycles. The number of unbranched alkanes of at least 4 members (excludes halogenated alkanes) is 1. The smallest absolute Gasteiger partial charge is 0.222 e. The average Bonchev–Trinajstić information content (AvgIpc) is 2.71. The van der Waals surface area contributed by atoms with Gasteiger partial charge in [-0.1, -0.05) is 19.8 Å². The lowest BCUT2D eigenvalue weighted by molar-refractivity contribution is 0.212. The molecular weight excluding hydrogens is 356 g/mol. The maximum absolute atomic E-state index is 9.88. The summed E-state index contributed by atoms with van der Waals surface area (Å²) in [5.74, 6) is 1.20. The molecule has 3 aromatic rings. The first kappa shape index (κ1) is 19.8. The number of nitrogens with two attached hydrogens (primary N) is 1. The highest BCUT2D eigenvalue weighted by molar-refractivity contribution is 5.89. The van der Waals surface area contributed by atoms with Gasteiger partial charge in [-0.25, -0.2) is 9.97 Å². The number of hydrogen-bond acceptors (Lipinski definition) is 8. The number of nitrogen functional groups attached to an aromatic ring is 1. The van der Waals surface area contributed by atoms with Gasteiger partial charge in [0.25, 0.3) is 0 Å². The molecule has 0 aromatic carbocycles. The average molecular weight is 382 g/mol. The molecule has 0 amide bonds. The number of aliphatic hydroxyl groups is 1. The molecule has 0 saturated heterocycles. The largest absolute Gasteiger partial charge is 0.481 e. The molecule has 0 aliphatic rings. The summed E-state index contributed by atoms with van der Waals surface area (Å²) in [5.41, 5.74) is 8.44. The number of methoxy groups -OCH3 is 1. The molecule has 0 aliphatic carbocycles. The quantitative estimate of drug-likeness (QED) is 0.544. The highest BCUT2D eigenvalue weighted by Gasteiger charge is 2.24. The number of rotatable bonds is 8. The number of aromatic nitrogens is 4. The van der Waals surface area contributed by atoms with Gasteiger partial charge >= 0.3 is 0 Å². The van der Waals surface area contributed by atoms with E-state index in [9.17, 15) is 5.11 Å². The fourth-order valence-corrected chi connectivity index (χ4v) is 3.02. The number of pyridine rings is 2. The third-order valence-corrected chi connectivity index (χ3v) is 4.68. The molecule has 4 N–H and O–H groups in total. The van der Waals surface area contributed by atoms with E-state index in [1.807, 2.05) is 25.1 Å². The molecule has 0 saturated carbocycles. The van der Waals surface area contributed by atoms with Crippen LogP contribution in [0.4, 0.5) is 11.8 Å². The van der Waals surface area contributed by atoms with Crippen molar-refractivity contribution >= 4 is 22.8 Å². The lowest BCUT2D eigenvalue weighted by atomic mass is 9.96. The van der Waals surface area contributed by atoms with Crippen molar-refractivity contribution in [2.24, 2.45) is 0 Å². The second-order valence-electron chi connectivity index (χ2n) is 7.06. The number of nitrogens with zero attached hydrogens (tertiary/aromatic N) is 4. The molecule has 28 heavy (non-hydrogen) atoms. The monoisotopic (exact) mass is 382 g/mol. The molecule has 8 heteroatoms. The van der Waals surface area contributed by atoms with E-state index in [4.69, 9.17) is 10.5 Å². The molecule has 1 atom stereocenters. The number of nitrogens with one attached hydrogen (secondary N) is 1. The Morgan fingerprint density at radius 2 is 2.04 bits per heavy atom. The minimum atomic E-state index is -0.511. The van der Waals surface area contributed by atoms with Crippen molar-refractivity contribution in [2.45, 2.75) is 38.6 Å². The van der Waals surface area contributed by atoms with Gasteiger partial charge in [0.1, 0.15) is 5.52 Å². The van der Waals surface area contributed by atoms with Crippen molar-refractivity contribution in [3.8, 4) is 17.0 Å². The van der Waals surface area contributed by atoms with Gasteiger partial charge in [0.2, 0.25) is 11.8 Å². The first-order valence-corrected chi connectivity index (χ1v) is 9.30. The molecule has 0 spiro atoms. The second-order valence-corrected chi connectivity index (χ2v) is 7.06. The van der Waals surface area contributed by atoms with Gasteiger partial charge in [0.05, 0.1) is 24.8 Å². The van der Waals surface area contributed by atoms with Crippen LogP contribution in [0.5, 0.6) is 5.88 Å². The van der Waals surface area contributed by atoms with Crippen LogP contribution in [0.15, 0.2) is 30.6 Å². The van der Waals surface area contributed by atoms with E-state index < -0.39 is 5.54 Å². The van der Waals surface area contributed by atoms with E-state index in [1.165, 1.54) is 0 Å². The molecule has 0 fully saturated rings. The third kappa shape index (κ3) is 4.28. The van der Waals surface area contributed by atoms with Crippen LogP contribution in [0, 0.1) is 0 Å². The molecule has 8 nitrogen and oxygen atoms in total. The Labute approximate surface area is 164 Å². The van der Waals surface area contributed by atoms with Crippen LogP contribution in [0.25, 0.3) is 22.2 Å². The van der Waals surface area contributed by atoms with Crippen LogP contribution in [0.1, 0.15) is 33.1 Å². The lowest BCUT2D eigenvalue weighted by Gasteiger charge is -2.29. The molecule has 3 aromatic heterocycles. The number of aliphatic hydroxyl groups excluding tert-OH is 1. The van der Waals surface area contributed by atoms with Gasteiger partial charge in [-0.3, -0.25) is 4.98 Å². The van der Waals surface area contributed by atoms with E-state index in [1.54, 1.807) is 19.5 Å². The van der Waals surface area contributed by atoms with Crippen molar-refractivity contribution < 1.29 is 9.84 Å². The summed E-state index contributed by atoms with van der Waals surface area (Å²) in [7, 11) is 1.58. The molecule has 0 bridgehead atoms. The molecular formula is C20H26N6O2. The molecule has 0 unspecified atom stereocenters. The zero-order valence-corrected chi connectivity index (χ0v) is 16.4. The predicted molar refractivity (Wildman–Crippen MR) is 110 cm³/mol. The zero-order valence-electron chi connectivity index (χ0n) is 16.4. The Kier molecular flexibility index (Phi) is 5.89. The van der Waals surface area contributed by atoms with Gasteiger partial charge in [0.15, 0.2) is 5.82 Å². The number of fused-ring (bicyclic) bond motifs is 1. The summed E-state index contributed by atoms with van der Waals surface area (Å²) >= 11 is 0. The van der Waals surface area contributed by atoms with Gasteiger partial charge in [-0.2, -0.15) is 4.98 Å². The summed E-state index contributed by atoms with van der Waals surface area (Å²) in [5, 5.41) is 13.2. The summed E-state index contributed by atoms with van der Waals surface area (Å²) < 4.78 is 5.19. The minimum absolute atomic E-state index is 0.0205. The highest BCUT2D eigenvalue weighted by atomic mass is 16.5. The zero-order chi connectivity index (χ0) is 20.1. The van der Waals surface area contributed by atoms with Crippen LogP contribution >= 0.6 is 0 Å². The maximum atomic E-state index is 9.88. The number of hydrogen-bond donors (Lipinski definition) is 3. The summed E-state index contributed by atoms with van der Waals surface area (Å²) in [6.45, 7) is 4.06. The maximum Gasteiger partial charge on any atom is 0.222 e. The Bertz CT molecular complexity index is 965.